The largest absolute Gasteiger partial charge is 0.756 e. The van der Waals surface area contributed by atoms with E-state index in [2.05, 4.69) is 0 Å². The first-order chi connectivity index (χ1) is 2.64. The lowest BCUT2D eigenvalue weighted by atomic mass is 13.2. The van der Waals surface area contributed by atoms with Crippen molar-refractivity contribution < 1.29 is 19.2 Å². The molecule has 6 heteroatoms. The second-order valence-corrected chi connectivity index (χ2v) is 1.23. The molecule has 1 unspecified atom stereocenters. The van der Waals surface area contributed by atoms with E-state index in [4.69, 9.17) is 19.2 Å². The van der Waals surface area contributed by atoms with Gasteiger partial charge in [0.1, 0.15) is 0 Å². The molecule has 0 rings (SSSR count). The molecular formula is H2NO4S-. The molecule has 6 heavy (non-hydrogen) atoms. The van der Waals surface area contributed by atoms with Gasteiger partial charge in [0.15, 0.2) is 0 Å². The molecule has 0 heterocycles. The first-order valence-corrected chi connectivity index (χ1v) is 1.95. The Morgan fingerprint density at radius 1 is 1.67 bits per heavy atom. The standard InChI is InChI=1S/H3NO4S/c2-1(3)6(4)5/h2-3H,(H,4,5)/p-1. The molecule has 0 radical (unpaired) electrons. The Hall–Kier alpha value is -0.0100. The molecule has 38 valence electrons. The van der Waals surface area contributed by atoms with Gasteiger partial charge >= 0.3 is 0 Å². The van der Waals surface area contributed by atoms with Crippen LogP contribution in [0.3, 0.4) is 0 Å². The third-order valence-electron chi connectivity index (χ3n) is 0.133. The molecule has 0 saturated heterocycles. The zero-order valence-corrected chi connectivity index (χ0v) is 3.38. The zero-order valence-electron chi connectivity index (χ0n) is 2.57. The topological polar surface area (TPSA) is 83.8 Å². The van der Waals surface area contributed by atoms with Crippen LogP contribution in [0.2, 0.25) is 0 Å². The van der Waals surface area contributed by atoms with Crippen molar-refractivity contribution in [2.75, 3.05) is 0 Å². The van der Waals surface area contributed by atoms with E-state index in [1.54, 1.807) is 0 Å². The molecule has 0 fully saturated rings. The van der Waals surface area contributed by atoms with Crippen LogP contribution in [0.4, 0.5) is 0 Å². The zero-order chi connectivity index (χ0) is 5.15. The van der Waals surface area contributed by atoms with Crippen LogP contribution in [0.5, 0.6) is 0 Å². The van der Waals surface area contributed by atoms with Crippen molar-refractivity contribution in [3.63, 3.8) is 0 Å². The van der Waals surface area contributed by atoms with E-state index >= 15 is 0 Å². The fourth-order valence-corrected chi connectivity index (χ4v) is 0. The molecule has 1 atom stereocenters. The SMILES string of the molecule is O=S([O-])N(O)O. The summed E-state index contributed by atoms with van der Waals surface area (Å²) in [4.78, 5) is 0. The average Bonchev–Trinajstić information content (AvgIpc) is 1.36. The van der Waals surface area contributed by atoms with E-state index in [1.165, 1.54) is 0 Å². The minimum Gasteiger partial charge on any atom is -0.756 e. The van der Waals surface area contributed by atoms with Gasteiger partial charge in [-0.1, -0.05) is 0 Å². The van der Waals surface area contributed by atoms with Crippen molar-refractivity contribution in [3.8, 4) is 0 Å². The minimum absolute atomic E-state index is 0.917. The van der Waals surface area contributed by atoms with Crippen molar-refractivity contribution in [2.45, 2.75) is 0 Å². The first-order valence-electron chi connectivity index (χ1n) is 0.916. The highest BCUT2D eigenvalue weighted by Gasteiger charge is 1.84. The molecule has 0 aliphatic heterocycles. The summed E-state index contributed by atoms with van der Waals surface area (Å²) in [6, 6.07) is 0. The Kier molecular flexibility index (Phi) is 2.21. The molecule has 0 aliphatic carbocycles. The van der Waals surface area contributed by atoms with Gasteiger partial charge in [-0.25, -0.2) is 0 Å². The summed E-state index contributed by atoms with van der Waals surface area (Å²) in [5, 5.41) is 14.8. The second-order valence-electron chi connectivity index (χ2n) is 0.470. The molecule has 0 aromatic carbocycles. The normalized spacial score (nSPS) is 15.3. The second kappa shape index (κ2) is 2.21. The van der Waals surface area contributed by atoms with Crippen LogP contribution in [-0.2, 0) is 11.3 Å². The van der Waals surface area contributed by atoms with E-state index in [0.29, 0.717) is 0 Å². The molecule has 0 amide bonds. The highest BCUT2D eigenvalue weighted by Crippen LogP contribution is 1.71. The van der Waals surface area contributed by atoms with Crippen LogP contribution in [0, 0.1) is 0 Å². The highest BCUT2D eigenvalue weighted by molar-refractivity contribution is 7.76. The van der Waals surface area contributed by atoms with Gasteiger partial charge < -0.3 is 4.55 Å². The van der Waals surface area contributed by atoms with Gasteiger partial charge in [0.05, 0.1) is 11.3 Å². The molecular weight excluding hydrogens is 110 g/mol. The summed E-state index contributed by atoms with van der Waals surface area (Å²) in [6.07, 6.45) is 0. The maximum atomic E-state index is 9.12. The lowest BCUT2D eigenvalue weighted by molar-refractivity contribution is -0.227. The van der Waals surface area contributed by atoms with Crippen molar-refractivity contribution >= 4 is 11.3 Å². The maximum Gasteiger partial charge on any atom is 0.0748 e. The lowest BCUT2D eigenvalue weighted by Crippen LogP contribution is -2.15. The number of nitrogens with zero attached hydrogens (tertiary/aromatic N) is 1. The number of rotatable bonds is 1. The highest BCUT2D eigenvalue weighted by atomic mass is 32.2. The first kappa shape index (κ1) is 5.99. The van der Waals surface area contributed by atoms with Gasteiger partial charge in [-0.2, -0.15) is 0 Å². The quantitative estimate of drug-likeness (QED) is 0.331. The summed E-state index contributed by atoms with van der Waals surface area (Å²) in [5.74, 6) is 0. The molecule has 5 nitrogen and oxygen atoms in total. The predicted molar refractivity (Wildman–Crippen MR) is 14.3 cm³/mol. The van der Waals surface area contributed by atoms with Crippen LogP contribution in [0.25, 0.3) is 0 Å². The van der Waals surface area contributed by atoms with Crippen molar-refractivity contribution in [1.82, 2.24) is 4.63 Å². The lowest BCUT2D eigenvalue weighted by Gasteiger charge is -2.05. The Labute approximate surface area is 36.1 Å². The molecule has 0 bridgehead atoms. The summed E-state index contributed by atoms with van der Waals surface area (Å²) >= 11 is -2.92. The van der Waals surface area contributed by atoms with Gasteiger partial charge in [0.2, 0.25) is 0 Å². The third kappa shape index (κ3) is 2.24. The molecule has 0 aliphatic rings. The van der Waals surface area contributed by atoms with E-state index < -0.39 is 15.9 Å². The fraction of sp³-hybridized carbons (Fsp3) is 0. The summed E-state index contributed by atoms with van der Waals surface area (Å²) in [6.45, 7) is 0. The molecule has 0 saturated carbocycles. The fourth-order valence-electron chi connectivity index (χ4n) is 0. The Morgan fingerprint density at radius 3 is 1.83 bits per heavy atom. The van der Waals surface area contributed by atoms with Gasteiger partial charge in [-0.05, 0) is 0 Å². The van der Waals surface area contributed by atoms with Crippen LogP contribution in [0.1, 0.15) is 0 Å². The Balaban J connectivity index is 3.26. The molecule has 0 aromatic heterocycles. The van der Waals surface area contributed by atoms with E-state index in [0.717, 1.165) is 0 Å². The molecule has 2 N–H and O–H groups in total. The molecule has 0 aromatic rings. The van der Waals surface area contributed by atoms with Crippen LogP contribution in [-0.4, -0.2) is 23.8 Å². The average molecular weight is 112 g/mol. The Bertz CT molecular complexity index is 58.6. The van der Waals surface area contributed by atoms with Crippen molar-refractivity contribution in [3.05, 3.63) is 0 Å². The summed E-state index contributed by atoms with van der Waals surface area (Å²) < 4.78 is 17.3. The predicted octanol–water partition coefficient (Wildman–Crippen LogP) is -1.14. The summed E-state index contributed by atoms with van der Waals surface area (Å²) in [7, 11) is 0. The van der Waals surface area contributed by atoms with Crippen LogP contribution >= 0.6 is 0 Å². The minimum atomic E-state index is -2.92. The van der Waals surface area contributed by atoms with Gasteiger partial charge in [-0.3, -0.25) is 14.6 Å². The van der Waals surface area contributed by atoms with Crippen LogP contribution < -0.4 is 0 Å². The van der Waals surface area contributed by atoms with Gasteiger partial charge in [0.25, 0.3) is 0 Å². The Morgan fingerprint density at radius 2 is 1.83 bits per heavy atom. The van der Waals surface area contributed by atoms with Crippen molar-refractivity contribution in [1.29, 1.82) is 0 Å². The molecule has 0 spiro atoms. The number of hydrogen-bond acceptors (Lipinski definition) is 4. The van der Waals surface area contributed by atoms with Crippen molar-refractivity contribution in [2.24, 2.45) is 0 Å². The van der Waals surface area contributed by atoms with Gasteiger partial charge in [0, 0.05) is 4.63 Å². The van der Waals surface area contributed by atoms with E-state index in [-0.39, 0.29) is 0 Å². The van der Waals surface area contributed by atoms with Gasteiger partial charge in [-0.15, -0.1) is 0 Å². The monoisotopic (exact) mass is 112 g/mol. The smallest absolute Gasteiger partial charge is 0.0748 e. The number of hydrogen-bond donors (Lipinski definition) is 2. The van der Waals surface area contributed by atoms with Crippen LogP contribution in [0.15, 0.2) is 0 Å². The maximum absolute atomic E-state index is 9.12. The third-order valence-corrected chi connectivity index (χ3v) is 0.400. The van der Waals surface area contributed by atoms with E-state index in [9.17, 15) is 0 Å². The van der Waals surface area contributed by atoms with E-state index in [1.807, 2.05) is 0 Å². The summed E-state index contributed by atoms with van der Waals surface area (Å²) in [5.41, 5.74) is 0.